The molecule has 2 amide bonds. The fourth-order valence-electron chi connectivity index (χ4n) is 2.71. The number of methoxy groups -OCH3 is 1. The highest BCUT2D eigenvalue weighted by Crippen LogP contribution is 2.38. The normalized spacial score (nSPS) is 19.0. The maximum Gasteiger partial charge on any atom is 0.416 e. The lowest BCUT2D eigenvalue weighted by atomic mass is 9.92. The number of esters is 1. The van der Waals surface area contributed by atoms with Crippen LogP contribution in [0.1, 0.15) is 24.1 Å². The van der Waals surface area contributed by atoms with Crippen LogP contribution in [-0.2, 0) is 15.7 Å². The molecule has 0 saturated heterocycles. The van der Waals surface area contributed by atoms with Gasteiger partial charge in [0.2, 0.25) is 0 Å². The first-order valence-electron chi connectivity index (χ1n) is 7.06. The van der Waals surface area contributed by atoms with Gasteiger partial charge < -0.3 is 14.5 Å². The van der Waals surface area contributed by atoms with Gasteiger partial charge >= 0.3 is 18.2 Å². The Labute approximate surface area is 137 Å². The van der Waals surface area contributed by atoms with Crippen molar-refractivity contribution in [1.29, 1.82) is 0 Å². The summed E-state index contributed by atoms with van der Waals surface area (Å²) < 4.78 is 43.7. The summed E-state index contributed by atoms with van der Waals surface area (Å²) in [5.74, 6) is -0.693. The summed E-state index contributed by atoms with van der Waals surface area (Å²) in [6.45, 7) is 1.55. The van der Waals surface area contributed by atoms with Crippen LogP contribution in [0.15, 0.2) is 35.5 Å². The number of halogens is 3. The van der Waals surface area contributed by atoms with Gasteiger partial charge in [-0.15, -0.1) is 0 Å². The van der Waals surface area contributed by atoms with Crippen molar-refractivity contribution < 1.29 is 27.5 Å². The van der Waals surface area contributed by atoms with E-state index in [9.17, 15) is 22.8 Å². The number of hydrogen-bond donors (Lipinski definition) is 0. The fourth-order valence-corrected chi connectivity index (χ4v) is 2.71. The van der Waals surface area contributed by atoms with E-state index in [1.54, 1.807) is 6.92 Å². The minimum Gasteiger partial charge on any atom is -0.466 e. The lowest BCUT2D eigenvalue weighted by molar-refractivity contribution is -0.137. The van der Waals surface area contributed by atoms with Gasteiger partial charge in [0.15, 0.2) is 0 Å². The molecular weight excluding hydrogens is 325 g/mol. The number of hydrogen-bond acceptors (Lipinski definition) is 3. The molecule has 0 N–H and O–H groups in total. The van der Waals surface area contributed by atoms with Crippen LogP contribution in [0, 0.1) is 0 Å². The minimum absolute atomic E-state index is 0.126. The molecule has 1 aliphatic heterocycles. The van der Waals surface area contributed by atoms with Gasteiger partial charge in [-0.1, -0.05) is 12.1 Å². The Morgan fingerprint density at radius 1 is 1.25 bits per heavy atom. The Hall–Kier alpha value is -2.51. The molecule has 1 aromatic rings. The molecule has 0 bridgehead atoms. The van der Waals surface area contributed by atoms with Crippen LogP contribution in [-0.4, -0.2) is 43.0 Å². The van der Waals surface area contributed by atoms with Crippen LogP contribution >= 0.6 is 0 Å². The van der Waals surface area contributed by atoms with Gasteiger partial charge in [0, 0.05) is 19.8 Å². The Kier molecular flexibility index (Phi) is 4.59. The van der Waals surface area contributed by atoms with Crippen LogP contribution in [0.3, 0.4) is 0 Å². The second kappa shape index (κ2) is 6.18. The second-order valence-corrected chi connectivity index (χ2v) is 5.47. The molecule has 2 rings (SSSR count). The van der Waals surface area contributed by atoms with E-state index >= 15 is 0 Å². The predicted octanol–water partition coefficient (Wildman–Crippen LogP) is 3.19. The third-order valence-electron chi connectivity index (χ3n) is 4.08. The summed E-state index contributed by atoms with van der Waals surface area (Å²) in [6.07, 6.45) is -4.52. The molecule has 0 radical (unpaired) electrons. The number of carbonyl (C=O) groups is 2. The highest BCUT2D eigenvalue weighted by Gasteiger charge is 2.40. The third kappa shape index (κ3) is 2.95. The first-order valence-corrected chi connectivity index (χ1v) is 7.06. The van der Waals surface area contributed by atoms with Crippen molar-refractivity contribution in [2.75, 3.05) is 21.2 Å². The van der Waals surface area contributed by atoms with Crippen LogP contribution in [0.5, 0.6) is 0 Å². The second-order valence-electron chi connectivity index (χ2n) is 5.47. The third-order valence-corrected chi connectivity index (χ3v) is 4.08. The average Bonchev–Trinajstić information content (AvgIpc) is 2.54. The van der Waals surface area contributed by atoms with Gasteiger partial charge in [-0.3, -0.25) is 0 Å². The number of urea groups is 1. The molecule has 1 atom stereocenters. The van der Waals surface area contributed by atoms with Crippen LogP contribution in [0.4, 0.5) is 18.0 Å². The van der Waals surface area contributed by atoms with Gasteiger partial charge in [0.1, 0.15) is 0 Å². The predicted molar refractivity (Wildman–Crippen MR) is 79.8 cm³/mol. The van der Waals surface area contributed by atoms with Gasteiger partial charge in [-0.25, -0.2) is 9.59 Å². The standard InChI is InChI=1S/C16H17F3N2O3/c1-9-12(14(22)24-4)13(21(3)15(23)20(9)2)10-6-5-7-11(8-10)16(17,18)19/h5-8,13H,1-4H3/t13-/m0/s1. The van der Waals surface area contributed by atoms with Crippen molar-refractivity contribution in [3.63, 3.8) is 0 Å². The van der Waals surface area contributed by atoms with Gasteiger partial charge in [0.25, 0.3) is 0 Å². The Balaban J connectivity index is 2.65. The smallest absolute Gasteiger partial charge is 0.416 e. The van der Waals surface area contributed by atoms with Crippen molar-refractivity contribution in [2.45, 2.75) is 19.1 Å². The molecular formula is C16H17F3N2O3. The number of likely N-dealkylation sites (N-methyl/N-ethyl adjacent to an activating group) is 1. The monoisotopic (exact) mass is 342 g/mol. The lowest BCUT2D eigenvalue weighted by Gasteiger charge is -2.39. The Bertz CT molecular complexity index is 713. The molecule has 0 aromatic heterocycles. The van der Waals surface area contributed by atoms with Crippen molar-refractivity contribution in [3.8, 4) is 0 Å². The number of alkyl halides is 3. The summed E-state index contributed by atoms with van der Waals surface area (Å²) in [4.78, 5) is 27.0. The van der Waals surface area contributed by atoms with E-state index in [0.717, 1.165) is 12.1 Å². The number of rotatable bonds is 2. The number of amides is 2. The first kappa shape index (κ1) is 17.8. The molecule has 1 aromatic carbocycles. The maximum absolute atomic E-state index is 13.0. The number of carbonyl (C=O) groups excluding carboxylic acids is 2. The van der Waals surface area contributed by atoms with E-state index in [2.05, 4.69) is 0 Å². The minimum atomic E-state index is -4.52. The summed E-state index contributed by atoms with van der Waals surface area (Å²) >= 11 is 0. The number of nitrogens with zero attached hydrogens (tertiary/aromatic N) is 2. The largest absolute Gasteiger partial charge is 0.466 e. The average molecular weight is 342 g/mol. The quantitative estimate of drug-likeness (QED) is 0.776. The molecule has 130 valence electrons. The Morgan fingerprint density at radius 2 is 1.88 bits per heavy atom. The van der Waals surface area contributed by atoms with E-state index in [1.165, 1.54) is 43.1 Å². The number of allylic oxidation sites excluding steroid dienone is 1. The molecule has 0 fully saturated rings. The highest BCUT2D eigenvalue weighted by atomic mass is 19.4. The van der Waals surface area contributed by atoms with E-state index in [1.807, 2.05) is 0 Å². The SMILES string of the molecule is COC(=O)C1=C(C)N(C)C(=O)N(C)[C@H]1c1cccc(C(F)(F)F)c1. The highest BCUT2D eigenvalue weighted by molar-refractivity contribution is 5.94. The van der Waals surface area contributed by atoms with E-state index < -0.39 is 29.8 Å². The van der Waals surface area contributed by atoms with E-state index in [4.69, 9.17) is 4.74 Å². The van der Waals surface area contributed by atoms with Gasteiger partial charge in [-0.2, -0.15) is 13.2 Å². The topological polar surface area (TPSA) is 49.9 Å². The molecule has 0 aliphatic carbocycles. The Morgan fingerprint density at radius 3 is 2.42 bits per heavy atom. The van der Waals surface area contributed by atoms with Crippen molar-refractivity contribution >= 4 is 12.0 Å². The van der Waals surface area contributed by atoms with Crippen LogP contribution in [0.2, 0.25) is 0 Å². The molecule has 0 unspecified atom stereocenters. The summed E-state index contributed by atoms with van der Waals surface area (Å²) in [6, 6.07) is 3.19. The molecule has 24 heavy (non-hydrogen) atoms. The molecule has 1 aliphatic rings. The van der Waals surface area contributed by atoms with Crippen LogP contribution < -0.4 is 0 Å². The molecule has 0 spiro atoms. The molecule has 0 saturated carbocycles. The summed E-state index contributed by atoms with van der Waals surface area (Å²) in [7, 11) is 4.10. The van der Waals surface area contributed by atoms with Crippen LogP contribution in [0.25, 0.3) is 0 Å². The van der Waals surface area contributed by atoms with Crippen molar-refractivity contribution in [3.05, 3.63) is 46.7 Å². The van der Waals surface area contributed by atoms with Gasteiger partial charge in [0.05, 0.1) is 24.3 Å². The summed E-state index contributed by atoms with van der Waals surface area (Å²) in [5, 5.41) is 0. The lowest BCUT2D eigenvalue weighted by Crippen LogP contribution is -2.47. The molecule has 8 heteroatoms. The number of benzene rings is 1. The zero-order valence-corrected chi connectivity index (χ0v) is 13.6. The maximum atomic E-state index is 13.0. The molecule has 5 nitrogen and oxygen atoms in total. The zero-order chi connectivity index (χ0) is 18.2. The summed E-state index contributed by atoms with van der Waals surface area (Å²) in [5.41, 5.74) is -0.191. The molecule has 1 heterocycles. The van der Waals surface area contributed by atoms with Crippen molar-refractivity contribution in [1.82, 2.24) is 9.80 Å². The zero-order valence-electron chi connectivity index (χ0n) is 13.6. The van der Waals surface area contributed by atoms with Gasteiger partial charge in [-0.05, 0) is 24.6 Å². The fraction of sp³-hybridized carbons (Fsp3) is 0.375. The first-order chi connectivity index (χ1) is 11.1. The van der Waals surface area contributed by atoms with Crippen molar-refractivity contribution in [2.24, 2.45) is 0 Å². The number of ether oxygens (including phenoxy) is 1. The van der Waals surface area contributed by atoms with E-state index in [-0.39, 0.29) is 11.1 Å². The van der Waals surface area contributed by atoms with E-state index in [0.29, 0.717) is 5.70 Å².